The van der Waals surface area contributed by atoms with Crippen molar-refractivity contribution in [2.24, 2.45) is 0 Å². The number of carboxylic acids is 1. The number of carbonyl (C=O) groups is 1. The zero-order chi connectivity index (χ0) is 14.0. The van der Waals surface area contributed by atoms with Crippen molar-refractivity contribution in [3.8, 4) is 0 Å². The molecule has 1 aliphatic heterocycles. The molecule has 1 heterocycles. The summed E-state index contributed by atoms with van der Waals surface area (Å²) >= 11 is 3.17. The summed E-state index contributed by atoms with van der Waals surface area (Å²) in [6.07, 6.45) is 0. The van der Waals surface area contributed by atoms with Gasteiger partial charge in [-0.2, -0.15) is 0 Å². The second-order valence-corrected chi connectivity index (χ2v) is 4.93. The number of morpholine rings is 1. The van der Waals surface area contributed by atoms with Crippen molar-refractivity contribution in [3.63, 3.8) is 0 Å². The van der Waals surface area contributed by atoms with Crippen molar-refractivity contribution >= 4 is 33.3 Å². The molecule has 1 aliphatic rings. The lowest BCUT2D eigenvalue weighted by Crippen LogP contribution is -2.50. The summed E-state index contributed by atoms with van der Waals surface area (Å²) in [6, 6.07) is 3.65. The molecule has 0 spiro atoms. The van der Waals surface area contributed by atoms with Gasteiger partial charge in [0.1, 0.15) is 5.69 Å². The smallest absolute Gasteiger partial charge is 0.328 e. The summed E-state index contributed by atoms with van der Waals surface area (Å²) < 4.78 is 5.69. The van der Waals surface area contributed by atoms with E-state index < -0.39 is 16.9 Å². The van der Waals surface area contributed by atoms with E-state index in [-0.39, 0.29) is 12.3 Å². The van der Waals surface area contributed by atoms with Crippen LogP contribution < -0.4 is 4.90 Å². The Morgan fingerprint density at radius 2 is 2.32 bits per heavy atom. The first kappa shape index (κ1) is 13.8. The zero-order valence-electron chi connectivity index (χ0n) is 9.78. The molecular weight excluding hydrogens is 320 g/mol. The molecule has 0 amide bonds. The van der Waals surface area contributed by atoms with Gasteiger partial charge in [-0.25, -0.2) is 4.79 Å². The van der Waals surface area contributed by atoms with E-state index in [1.165, 1.54) is 11.0 Å². The van der Waals surface area contributed by atoms with E-state index >= 15 is 0 Å². The van der Waals surface area contributed by atoms with Gasteiger partial charge in [-0.3, -0.25) is 10.1 Å². The fourth-order valence-corrected chi connectivity index (χ4v) is 2.33. The highest BCUT2D eigenvalue weighted by Crippen LogP contribution is 2.33. The number of hydrogen-bond donors (Lipinski definition) is 1. The maximum atomic E-state index is 11.2. The van der Waals surface area contributed by atoms with Crippen LogP contribution in [-0.2, 0) is 9.53 Å². The molecule has 19 heavy (non-hydrogen) atoms. The molecule has 1 aromatic rings. The predicted octanol–water partition coefficient (Wildman–Crippen LogP) is 1.65. The van der Waals surface area contributed by atoms with Crippen LogP contribution in [0.15, 0.2) is 22.7 Å². The van der Waals surface area contributed by atoms with Gasteiger partial charge in [-0.05, 0) is 12.1 Å². The number of aliphatic carboxylic acids is 1. The topological polar surface area (TPSA) is 92.9 Å². The fourth-order valence-electron chi connectivity index (χ4n) is 1.98. The maximum absolute atomic E-state index is 11.2. The predicted molar refractivity (Wildman–Crippen MR) is 70.4 cm³/mol. The monoisotopic (exact) mass is 330 g/mol. The Balaban J connectivity index is 2.44. The molecule has 0 radical (unpaired) electrons. The standard InChI is InChI=1S/C11H11BrN2O5/c12-7-1-2-8(9(5-7)14(17)18)13-3-4-19-6-10(13)11(15)16/h1-2,5,10H,3-4,6H2,(H,15,16). The van der Waals surface area contributed by atoms with Crippen LogP contribution in [0.5, 0.6) is 0 Å². The minimum Gasteiger partial charge on any atom is -0.480 e. The summed E-state index contributed by atoms with van der Waals surface area (Å²) in [5.74, 6) is -1.06. The lowest BCUT2D eigenvalue weighted by molar-refractivity contribution is -0.384. The first-order valence-electron chi connectivity index (χ1n) is 5.52. The van der Waals surface area contributed by atoms with Crippen LogP contribution >= 0.6 is 15.9 Å². The minimum absolute atomic E-state index is 0.0164. The van der Waals surface area contributed by atoms with Gasteiger partial charge < -0.3 is 14.7 Å². The number of nitro benzene ring substituents is 1. The van der Waals surface area contributed by atoms with Gasteiger partial charge in [0.05, 0.1) is 18.1 Å². The Labute approximate surface area is 117 Å². The summed E-state index contributed by atoms with van der Waals surface area (Å²) in [5.41, 5.74) is 0.173. The third kappa shape index (κ3) is 2.85. The number of anilines is 1. The highest BCUT2D eigenvalue weighted by molar-refractivity contribution is 9.10. The first-order valence-corrected chi connectivity index (χ1v) is 6.31. The number of nitro groups is 1. The van der Waals surface area contributed by atoms with Gasteiger partial charge in [0, 0.05) is 17.1 Å². The molecule has 1 atom stereocenters. The van der Waals surface area contributed by atoms with E-state index in [0.29, 0.717) is 23.3 Å². The summed E-state index contributed by atoms with van der Waals surface area (Å²) in [4.78, 5) is 23.2. The second-order valence-electron chi connectivity index (χ2n) is 4.01. The molecule has 102 valence electrons. The van der Waals surface area contributed by atoms with Gasteiger partial charge in [0.15, 0.2) is 6.04 Å². The molecule has 7 nitrogen and oxygen atoms in total. The highest BCUT2D eigenvalue weighted by Gasteiger charge is 2.33. The summed E-state index contributed by atoms with van der Waals surface area (Å²) in [7, 11) is 0. The molecular formula is C11H11BrN2O5. The van der Waals surface area contributed by atoms with Gasteiger partial charge >= 0.3 is 5.97 Å². The van der Waals surface area contributed by atoms with Gasteiger partial charge in [0.25, 0.3) is 5.69 Å². The zero-order valence-corrected chi connectivity index (χ0v) is 11.4. The SMILES string of the molecule is O=C(O)C1COCCN1c1ccc(Br)cc1[N+](=O)[O-]. The summed E-state index contributed by atoms with van der Waals surface area (Å²) in [6.45, 7) is 0.666. The fraction of sp³-hybridized carbons (Fsp3) is 0.364. The van der Waals surface area contributed by atoms with E-state index in [1.54, 1.807) is 12.1 Å². The Morgan fingerprint density at radius 1 is 1.58 bits per heavy atom. The molecule has 0 bridgehead atoms. The van der Waals surface area contributed by atoms with E-state index in [1.807, 2.05) is 0 Å². The Bertz CT molecular complexity index is 522. The number of nitrogens with zero attached hydrogens (tertiary/aromatic N) is 2. The largest absolute Gasteiger partial charge is 0.480 e. The van der Waals surface area contributed by atoms with Crippen LogP contribution in [0.25, 0.3) is 0 Å². The normalized spacial score (nSPS) is 19.2. The van der Waals surface area contributed by atoms with Gasteiger partial charge in [-0.15, -0.1) is 0 Å². The number of halogens is 1. The van der Waals surface area contributed by atoms with Crippen molar-refractivity contribution in [2.45, 2.75) is 6.04 Å². The Morgan fingerprint density at radius 3 is 2.95 bits per heavy atom. The van der Waals surface area contributed by atoms with Crippen LogP contribution in [0, 0.1) is 10.1 Å². The second kappa shape index (κ2) is 5.54. The number of benzene rings is 1. The molecule has 1 fully saturated rings. The average molecular weight is 331 g/mol. The van der Waals surface area contributed by atoms with Crippen LogP contribution in [0.3, 0.4) is 0 Å². The third-order valence-corrected chi connectivity index (χ3v) is 3.35. The molecule has 0 saturated carbocycles. The van der Waals surface area contributed by atoms with Crippen molar-refractivity contribution in [2.75, 3.05) is 24.7 Å². The van der Waals surface area contributed by atoms with Crippen molar-refractivity contribution < 1.29 is 19.6 Å². The van der Waals surface area contributed by atoms with Crippen LogP contribution in [-0.4, -0.2) is 41.8 Å². The molecule has 8 heteroatoms. The maximum Gasteiger partial charge on any atom is 0.328 e. The number of hydrogen-bond acceptors (Lipinski definition) is 5. The van der Waals surface area contributed by atoms with Crippen molar-refractivity contribution in [1.82, 2.24) is 0 Å². The molecule has 2 rings (SSSR count). The van der Waals surface area contributed by atoms with E-state index in [9.17, 15) is 14.9 Å². The molecule has 0 aliphatic carbocycles. The highest BCUT2D eigenvalue weighted by atomic mass is 79.9. The van der Waals surface area contributed by atoms with Gasteiger partial charge in [0.2, 0.25) is 0 Å². The molecule has 1 N–H and O–H groups in total. The van der Waals surface area contributed by atoms with Crippen molar-refractivity contribution in [3.05, 3.63) is 32.8 Å². The third-order valence-electron chi connectivity index (χ3n) is 2.86. The molecule has 1 saturated heterocycles. The molecule has 1 aromatic carbocycles. The van der Waals surface area contributed by atoms with E-state index in [2.05, 4.69) is 15.9 Å². The molecule has 1 unspecified atom stereocenters. The van der Waals surface area contributed by atoms with Crippen molar-refractivity contribution in [1.29, 1.82) is 0 Å². The number of rotatable bonds is 3. The van der Waals surface area contributed by atoms with E-state index in [0.717, 1.165) is 0 Å². The van der Waals surface area contributed by atoms with E-state index in [4.69, 9.17) is 9.84 Å². The van der Waals surface area contributed by atoms with Crippen LogP contribution in [0.2, 0.25) is 0 Å². The number of ether oxygens (including phenoxy) is 1. The number of carboxylic acid groups (broad SMARTS) is 1. The lowest BCUT2D eigenvalue weighted by atomic mass is 10.1. The van der Waals surface area contributed by atoms with Crippen LogP contribution in [0.4, 0.5) is 11.4 Å². The van der Waals surface area contributed by atoms with Crippen LogP contribution in [0.1, 0.15) is 0 Å². The quantitative estimate of drug-likeness (QED) is 0.669. The first-order chi connectivity index (χ1) is 9.00. The minimum atomic E-state index is -1.06. The average Bonchev–Trinajstić information content (AvgIpc) is 2.38. The summed E-state index contributed by atoms with van der Waals surface area (Å²) in [5, 5.41) is 20.2. The Hall–Kier alpha value is -1.67. The Kier molecular flexibility index (Phi) is 4.01. The lowest BCUT2D eigenvalue weighted by Gasteiger charge is -2.34. The van der Waals surface area contributed by atoms with Gasteiger partial charge in [-0.1, -0.05) is 15.9 Å². The molecule has 0 aromatic heterocycles.